The first-order valence-electron chi connectivity index (χ1n) is 8.20. The van der Waals surface area contributed by atoms with E-state index in [1.807, 2.05) is 0 Å². The zero-order valence-corrected chi connectivity index (χ0v) is 16.0. The smallest absolute Gasteiger partial charge is 0.339 e. The van der Waals surface area contributed by atoms with Crippen LogP contribution in [0.15, 0.2) is 23.1 Å². The highest BCUT2D eigenvalue weighted by Crippen LogP contribution is 2.31. The van der Waals surface area contributed by atoms with Crippen LogP contribution in [0.4, 0.5) is 0 Å². The summed E-state index contributed by atoms with van der Waals surface area (Å²) in [6.45, 7) is 1.62. The molecule has 1 aliphatic heterocycles. The number of carboxylic acids is 1. The van der Waals surface area contributed by atoms with E-state index in [0.717, 1.165) is 24.6 Å². The van der Waals surface area contributed by atoms with Crippen molar-refractivity contribution in [1.29, 1.82) is 0 Å². The van der Waals surface area contributed by atoms with Gasteiger partial charge in [0.25, 0.3) is 0 Å². The Bertz CT molecular complexity index is 864. The number of methoxy groups -OCH3 is 2. The molecule has 0 bridgehead atoms. The zero-order valence-electron chi connectivity index (χ0n) is 15.2. The van der Waals surface area contributed by atoms with Gasteiger partial charge in [0.15, 0.2) is 0 Å². The van der Waals surface area contributed by atoms with Gasteiger partial charge in [-0.1, -0.05) is 0 Å². The topological polar surface area (TPSA) is 127 Å². The van der Waals surface area contributed by atoms with Crippen LogP contribution in [0.2, 0.25) is 0 Å². The minimum absolute atomic E-state index is 0.0526. The third-order valence-corrected chi connectivity index (χ3v) is 6.67. The zero-order chi connectivity index (χ0) is 20.4. The van der Waals surface area contributed by atoms with Gasteiger partial charge in [-0.05, 0) is 38.0 Å². The van der Waals surface area contributed by atoms with E-state index in [0.29, 0.717) is 12.8 Å². The Morgan fingerprint density at radius 1 is 1.15 bits per heavy atom. The van der Waals surface area contributed by atoms with Crippen molar-refractivity contribution in [1.82, 2.24) is 4.31 Å². The van der Waals surface area contributed by atoms with E-state index in [9.17, 15) is 27.9 Å². The van der Waals surface area contributed by atoms with Gasteiger partial charge in [-0.2, -0.15) is 4.31 Å². The van der Waals surface area contributed by atoms with Crippen molar-refractivity contribution in [2.45, 2.75) is 30.7 Å². The van der Waals surface area contributed by atoms with E-state index in [-0.39, 0.29) is 17.7 Å². The first-order chi connectivity index (χ1) is 12.6. The van der Waals surface area contributed by atoms with Crippen LogP contribution in [0.1, 0.15) is 40.5 Å². The van der Waals surface area contributed by atoms with Gasteiger partial charge in [0.2, 0.25) is 10.0 Å². The Morgan fingerprint density at radius 2 is 1.78 bits per heavy atom. The fourth-order valence-corrected chi connectivity index (χ4v) is 5.08. The normalized spacial score (nSPS) is 20.7. The van der Waals surface area contributed by atoms with Gasteiger partial charge < -0.3 is 14.6 Å². The van der Waals surface area contributed by atoms with Gasteiger partial charge in [0.1, 0.15) is 0 Å². The van der Waals surface area contributed by atoms with Gasteiger partial charge in [0, 0.05) is 12.6 Å². The molecule has 0 unspecified atom stereocenters. The molecule has 1 fully saturated rings. The fourth-order valence-electron chi connectivity index (χ4n) is 3.17. The SMILES string of the molecule is COC(=O)c1ccc(C(=O)OC)c(S(=O)(=O)N2CCC[C@H](C(=O)O)[C@@H]2C)c1. The summed E-state index contributed by atoms with van der Waals surface area (Å²) in [6, 6.07) is 2.67. The molecular formula is C17H21NO8S. The van der Waals surface area contributed by atoms with Crippen molar-refractivity contribution in [2.75, 3.05) is 20.8 Å². The Balaban J connectivity index is 2.60. The lowest BCUT2D eigenvalue weighted by Crippen LogP contribution is -2.49. The summed E-state index contributed by atoms with van der Waals surface area (Å²) in [4.78, 5) is 34.9. The molecule has 1 heterocycles. The molecule has 27 heavy (non-hydrogen) atoms. The van der Waals surface area contributed by atoms with E-state index in [1.165, 1.54) is 19.1 Å². The fraction of sp³-hybridized carbons (Fsp3) is 0.471. The third kappa shape index (κ3) is 3.96. The summed E-state index contributed by atoms with van der Waals surface area (Å²) in [7, 11) is -2.01. The largest absolute Gasteiger partial charge is 0.481 e. The van der Waals surface area contributed by atoms with E-state index >= 15 is 0 Å². The number of aliphatic carboxylic acids is 1. The van der Waals surface area contributed by atoms with Crippen LogP contribution in [-0.2, 0) is 24.3 Å². The first-order valence-corrected chi connectivity index (χ1v) is 9.64. The van der Waals surface area contributed by atoms with Crippen molar-refractivity contribution in [3.8, 4) is 0 Å². The number of rotatable bonds is 5. The van der Waals surface area contributed by atoms with Gasteiger partial charge in [-0.25, -0.2) is 18.0 Å². The number of ether oxygens (including phenoxy) is 2. The molecule has 148 valence electrons. The number of nitrogens with zero attached hydrogens (tertiary/aromatic N) is 1. The minimum Gasteiger partial charge on any atom is -0.481 e. The molecule has 0 radical (unpaired) electrons. The predicted molar refractivity (Wildman–Crippen MR) is 92.8 cm³/mol. The summed E-state index contributed by atoms with van der Waals surface area (Å²) in [5.41, 5.74) is -0.294. The molecule has 2 rings (SSSR count). The van der Waals surface area contributed by atoms with Crippen LogP contribution in [0.25, 0.3) is 0 Å². The maximum absolute atomic E-state index is 13.2. The number of carbonyl (C=O) groups is 3. The molecule has 0 amide bonds. The van der Waals surface area contributed by atoms with Crippen molar-refractivity contribution < 1.29 is 37.4 Å². The van der Waals surface area contributed by atoms with Gasteiger partial charge in [0.05, 0.1) is 36.2 Å². The molecule has 2 atom stereocenters. The lowest BCUT2D eigenvalue weighted by Gasteiger charge is -2.36. The average Bonchev–Trinajstić information content (AvgIpc) is 2.65. The minimum atomic E-state index is -4.27. The lowest BCUT2D eigenvalue weighted by atomic mass is 9.92. The number of esters is 2. The molecular weight excluding hydrogens is 378 g/mol. The molecule has 0 saturated carbocycles. The van der Waals surface area contributed by atoms with Crippen LogP contribution >= 0.6 is 0 Å². The van der Waals surface area contributed by atoms with E-state index in [1.54, 1.807) is 0 Å². The Kier molecular flexibility index (Phi) is 6.22. The molecule has 1 N–H and O–H groups in total. The summed E-state index contributed by atoms with van der Waals surface area (Å²) < 4.78 is 36.8. The molecule has 0 aromatic heterocycles. The Morgan fingerprint density at radius 3 is 2.33 bits per heavy atom. The highest BCUT2D eigenvalue weighted by molar-refractivity contribution is 7.89. The number of piperidine rings is 1. The Labute approximate surface area is 156 Å². The second kappa shape index (κ2) is 8.05. The highest BCUT2D eigenvalue weighted by atomic mass is 32.2. The van der Waals surface area contributed by atoms with Crippen LogP contribution in [0.3, 0.4) is 0 Å². The molecule has 10 heteroatoms. The van der Waals surface area contributed by atoms with Crippen molar-refractivity contribution in [3.63, 3.8) is 0 Å². The number of carbonyl (C=O) groups excluding carboxylic acids is 2. The van der Waals surface area contributed by atoms with Gasteiger partial charge in [-0.3, -0.25) is 4.79 Å². The molecule has 1 aliphatic rings. The van der Waals surface area contributed by atoms with E-state index < -0.39 is 44.8 Å². The maximum atomic E-state index is 13.2. The van der Waals surface area contributed by atoms with Crippen molar-refractivity contribution in [2.24, 2.45) is 5.92 Å². The number of sulfonamides is 1. The lowest BCUT2D eigenvalue weighted by molar-refractivity contribution is -0.144. The molecule has 1 aromatic rings. The Hall–Kier alpha value is -2.46. The molecule has 1 aromatic carbocycles. The summed E-state index contributed by atoms with van der Waals surface area (Å²) in [6.07, 6.45) is 0.722. The molecule has 0 spiro atoms. The maximum Gasteiger partial charge on any atom is 0.339 e. The van der Waals surface area contributed by atoms with Gasteiger partial charge >= 0.3 is 17.9 Å². The quantitative estimate of drug-likeness (QED) is 0.730. The summed E-state index contributed by atoms with van der Waals surface area (Å²) in [5, 5.41) is 9.34. The number of benzene rings is 1. The second-order valence-corrected chi connectivity index (χ2v) is 8.00. The van der Waals surface area contributed by atoms with E-state index in [2.05, 4.69) is 9.47 Å². The number of carboxylic acid groups (broad SMARTS) is 1. The van der Waals surface area contributed by atoms with E-state index in [4.69, 9.17) is 0 Å². The van der Waals surface area contributed by atoms with Crippen molar-refractivity contribution >= 4 is 27.9 Å². The van der Waals surface area contributed by atoms with Crippen LogP contribution < -0.4 is 0 Å². The average molecular weight is 399 g/mol. The number of hydrogen-bond acceptors (Lipinski definition) is 7. The second-order valence-electron chi connectivity index (χ2n) is 6.14. The van der Waals surface area contributed by atoms with Gasteiger partial charge in [-0.15, -0.1) is 0 Å². The molecule has 0 aliphatic carbocycles. The van der Waals surface area contributed by atoms with Crippen LogP contribution in [-0.4, -0.2) is 62.5 Å². The predicted octanol–water partition coefficient (Wildman–Crippen LogP) is 1.13. The highest BCUT2D eigenvalue weighted by Gasteiger charge is 2.41. The van der Waals surface area contributed by atoms with Crippen LogP contribution in [0, 0.1) is 5.92 Å². The first kappa shape index (κ1) is 20.8. The standard InChI is InChI=1S/C17H21NO8S/c1-10-12(15(19)20)5-4-8-18(10)27(23,24)14-9-11(16(21)25-2)6-7-13(14)17(22)26-3/h6-7,9-10,12H,4-5,8H2,1-3H3,(H,19,20)/t10-,12-/m0/s1. The summed E-state index contributed by atoms with van der Waals surface area (Å²) >= 11 is 0. The van der Waals surface area contributed by atoms with Crippen molar-refractivity contribution in [3.05, 3.63) is 29.3 Å². The third-order valence-electron chi connectivity index (χ3n) is 4.64. The molecule has 9 nitrogen and oxygen atoms in total. The number of hydrogen-bond donors (Lipinski definition) is 1. The summed E-state index contributed by atoms with van der Waals surface area (Å²) in [5.74, 6) is -3.60. The monoisotopic (exact) mass is 399 g/mol. The van der Waals surface area contributed by atoms with Crippen LogP contribution in [0.5, 0.6) is 0 Å². The molecule has 1 saturated heterocycles.